The number of carbonyl (C=O) groups excluding carboxylic acids is 2. The molecule has 13 nitrogen and oxygen atoms in total. The van der Waals surface area contributed by atoms with Crippen LogP contribution in [0, 0.1) is 10.1 Å². The van der Waals surface area contributed by atoms with Crippen molar-refractivity contribution in [1.29, 1.82) is 0 Å². The van der Waals surface area contributed by atoms with E-state index >= 15 is 0 Å². The van der Waals surface area contributed by atoms with Crippen LogP contribution < -0.4 is 19.9 Å². The number of hydrogen-bond acceptors (Lipinski definition) is 11. The molecule has 2 rings (SSSR count). The van der Waals surface area contributed by atoms with E-state index in [0.717, 1.165) is 38.5 Å². The number of unbranched alkanes of at least 4 members (excludes halogenated alkanes) is 6. The molecule has 306 valence electrons. The number of nitrogens with two attached hydrogens (primary N) is 1. The first-order valence-electron chi connectivity index (χ1n) is 18.7. The van der Waals surface area contributed by atoms with E-state index in [1.165, 1.54) is 63.7 Å². The summed E-state index contributed by atoms with van der Waals surface area (Å²) in [4.78, 5) is 35.8. The van der Waals surface area contributed by atoms with Crippen molar-refractivity contribution in [3.05, 3.63) is 64.7 Å². The van der Waals surface area contributed by atoms with Gasteiger partial charge in [-0.1, -0.05) is 105 Å². The van der Waals surface area contributed by atoms with E-state index in [0.29, 0.717) is 6.61 Å². The molecule has 0 bridgehead atoms. The van der Waals surface area contributed by atoms with Crippen LogP contribution >= 0.6 is 20.2 Å². The fourth-order valence-electron chi connectivity index (χ4n) is 4.08. The zero-order valence-electron chi connectivity index (χ0n) is 33.5. The summed E-state index contributed by atoms with van der Waals surface area (Å²) < 4.78 is 34.6. The minimum absolute atomic E-state index is 0. The van der Waals surface area contributed by atoms with Gasteiger partial charge in [-0.2, -0.15) is 5.09 Å². The molecular weight excluding hydrogens is 723 g/mol. The monoisotopic (exact) mass is 790 g/mol. The van der Waals surface area contributed by atoms with Crippen molar-refractivity contribution in [3.63, 3.8) is 0 Å². The zero-order valence-corrected chi connectivity index (χ0v) is 35.3. The summed E-state index contributed by atoms with van der Waals surface area (Å²) in [5.74, 6) is -0.537. The Bertz CT molecular complexity index is 1230. The molecule has 15 heteroatoms. The second-order valence-electron chi connectivity index (χ2n) is 11.5. The van der Waals surface area contributed by atoms with Gasteiger partial charge in [0.1, 0.15) is 23.6 Å². The largest absolute Gasteiger partial charge is 0.513 e. The summed E-state index contributed by atoms with van der Waals surface area (Å²) in [5, 5.41) is 13.4. The van der Waals surface area contributed by atoms with Crippen LogP contribution in [0.4, 0.5) is 5.69 Å². The topological polar surface area (TPSA) is 173 Å². The first-order chi connectivity index (χ1) is 24.9. The molecule has 2 aromatic rings. The average molecular weight is 791 g/mol. The number of benzene rings is 2. The van der Waals surface area contributed by atoms with Gasteiger partial charge in [-0.3, -0.25) is 19.7 Å². The van der Waals surface area contributed by atoms with Crippen LogP contribution in [0.25, 0.3) is 0 Å². The third-order valence-electron chi connectivity index (χ3n) is 7.15. The molecule has 0 aliphatic heterocycles. The van der Waals surface area contributed by atoms with Gasteiger partial charge in [0.15, 0.2) is 0 Å². The van der Waals surface area contributed by atoms with Gasteiger partial charge < -0.3 is 29.2 Å². The highest BCUT2D eigenvalue weighted by Crippen LogP contribution is 2.45. The third kappa shape index (κ3) is 28.0. The molecule has 0 fully saturated rings. The van der Waals surface area contributed by atoms with Gasteiger partial charge >= 0.3 is 19.7 Å². The number of carbonyl (C=O) groups is 2. The maximum Gasteiger partial charge on any atom is 0.513 e. The molecule has 2 aromatic carbocycles. The summed E-state index contributed by atoms with van der Waals surface area (Å²) in [5.41, 5.74) is 5.16. The maximum atomic E-state index is 13.4. The molecule has 3 N–H and O–H groups in total. The van der Waals surface area contributed by atoms with Gasteiger partial charge in [0, 0.05) is 12.1 Å². The smallest absolute Gasteiger partial charge is 0.465 e. The molecule has 53 heavy (non-hydrogen) atoms. The fourth-order valence-corrected chi connectivity index (χ4v) is 5.60. The quantitative estimate of drug-likeness (QED) is 0.0381. The van der Waals surface area contributed by atoms with Crippen molar-refractivity contribution < 1.29 is 37.6 Å². The van der Waals surface area contributed by atoms with Crippen molar-refractivity contribution in [2.45, 2.75) is 126 Å². The molecule has 0 saturated carbocycles. The number of nitro benzene ring substituents is 1. The molecule has 0 amide bonds. The first kappa shape index (κ1) is 54.1. The van der Waals surface area contributed by atoms with E-state index in [-0.39, 0.29) is 42.2 Å². The van der Waals surface area contributed by atoms with E-state index in [9.17, 15) is 24.3 Å². The van der Waals surface area contributed by atoms with E-state index in [1.54, 1.807) is 37.3 Å². The molecular formula is C38H68ClN4O9P. The molecule has 0 spiro atoms. The highest BCUT2D eigenvalue weighted by molar-refractivity contribution is 7.52. The van der Waals surface area contributed by atoms with Crippen LogP contribution in [0.15, 0.2) is 54.6 Å². The first-order valence-corrected chi connectivity index (χ1v) is 20.3. The Balaban J connectivity index is -0.000000936. The average Bonchev–Trinajstić information content (AvgIpc) is 3.13. The van der Waals surface area contributed by atoms with Crippen molar-refractivity contribution in [3.8, 4) is 11.5 Å². The van der Waals surface area contributed by atoms with E-state index < -0.39 is 30.7 Å². The van der Waals surface area contributed by atoms with Crippen molar-refractivity contribution in [2.24, 2.45) is 5.73 Å². The van der Waals surface area contributed by atoms with Crippen molar-refractivity contribution in [1.82, 2.24) is 9.99 Å². The maximum absolute atomic E-state index is 13.4. The van der Waals surface area contributed by atoms with E-state index in [4.69, 9.17) is 24.3 Å². The van der Waals surface area contributed by atoms with Gasteiger partial charge in [0.25, 0.3) is 5.69 Å². The highest BCUT2D eigenvalue weighted by atomic mass is 35.5. The molecule has 0 radical (unpaired) electrons. The third-order valence-corrected chi connectivity index (χ3v) is 8.75. The number of hydrogen-bond donors (Lipinski definition) is 2. The van der Waals surface area contributed by atoms with Gasteiger partial charge in [-0.15, -0.1) is 12.4 Å². The second-order valence-corrected chi connectivity index (χ2v) is 13.1. The fraction of sp³-hybridized carbons (Fsp3) is 0.632. The Morgan fingerprint density at radius 1 is 0.755 bits per heavy atom. The predicted octanol–water partition coefficient (Wildman–Crippen LogP) is 9.52. The van der Waals surface area contributed by atoms with E-state index in [2.05, 4.69) is 44.6 Å². The number of rotatable bonds is 22. The highest BCUT2D eigenvalue weighted by Gasteiger charge is 2.34. The lowest BCUT2D eigenvalue weighted by Crippen LogP contribution is -2.36. The number of ether oxygens (including phenoxy) is 2. The number of nitrogens with zero attached hydrogens (tertiary/aromatic N) is 2. The summed E-state index contributed by atoms with van der Waals surface area (Å²) in [6.07, 6.45) is 8.33. The Morgan fingerprint density at radius 3 is 1.57 bits per heavy atom. The van der Waals surface area contributed by atoms with Crippen LogP contribution in [0.3, 0.4) is 0 Å². The lowest BCUT2D eigenvalue weighted by atomic mass is 10.2. The Kier molecular flexibility index (Phi) is 35.3. The normalized spacial score (nSPS) is 12.3. The van der Waals surface area contributed by atoms with Crippen molar-refractivity contribution in [2.75, 3.05) is 32.8 Å². The number of halogens is 1. The lowest BCUT2D eigenvalue weighted by molar-refractivity contribution is -0.384. The van der Waals surface area contributed by atoms with Crippen LogP contribution in [0.1, 0.15) is 114 Å². The Morgan fingerprint density at radius 2 is 1.19 bits per heavy atom. The standard InChI is InChI=1S/C21H27N2O7P.C9H19NO2.C6H15N.C2H6.ClH/c1-3-4-5-9-16-28-21(24)17(2)22-31(27,29-19-10-7-6-8-11-19)30-20-14-12-18(13-15-20)23(25)26;1-3-4-5-6-7-12-9(11)8(2)10;1-4-7(5-2)6-3;1-2;/h6-8,10-15,17H,3-5,9,16H2,1-2H3,(H,22,27);8H,3-7,10H2,1-2H3;4-6H2,1-3H3;1-2H3;1H/t17-,31?;8-;;;/m00.../s1. The molecule has 0 aromatic heterocycles. The number of nitrogens with one attached hydrogen (secondary N) is 1. The van der Waals surface area contributed by atoms with Gasteiger partial charge in [0.05, 0.1) is 18.1 Å². The SMILES string of the molecule is CC.CCCCCCOC(=O)[C@H](C)N.CCCCCCOC(=O)[C@H](C)NP(=O)(Oc1ccccc1)Oc1ccc([N+](=O)[O-])cc1.CCN(CC)CC.Cl. The van der Waals surface area contributed by atoms with Gasteiger partial charge in [-0.05, 0) is 70.6 Å². The van der Waals surface area contributed by atoms with E-state index in [1.807, 2.05) is 13.8 Å². The molecule has 0 aliphatic carbocycles. The van der Waals surface area contributed by atoms with Gasteiger partial charge in [0.2, 0.25) is 0 Å². The Labute approximate surface area is 325 Å². The molecule has 1 unspecified atom stereocenters. The van der Waals surface area contributed by atoms with Crippen molar-refractivity contribution >= 4 is 37.8 Å². The molecule has 0 aliphatic rings. The minimum Gasteiger partial charge on any atom is -0.465 e. The van der Waals surface area contributed by atoms with Crippen LogP contribution in [0.5, 0.6) is 11.5 Å². The van der Waals surface area contributed by atoms with Crippen LogP contribution in [-0.4, -0.2) is 66.7 Å². The predicted molar refractivity (Wildman–Crippen MR) is 217 cm³/mol. The second kappa shape index (κ2) is 34.5. The lowest BCUT2D eigenvalue weighted by Gasteiger charge is -2.23. The Hall–Kier alpha value is -3.22. The summed E-state index contributed by atoms with van der Waals surface area (Å²) in [7, 11) is -4.08. The van der Waals surface area contributed by atoms with Crippen LogP contribution in [-0.2, 0) is 23.6 Å². The number of para-hydroxylation sites is 1. The molecule has 0 heterocycles. The zero-order chi connectivity index (χ0) is 39.8. The number of nitro groups is 1. The summed E-state index contributed by atoms with van der Waals surface area (Å²) in [6.45, 7) is 22.3. The van der Waals surface area contributed by atoms with Crippen LogP contribution in [0.2, 0.25) is 0 Å². The van der Waals surface area contributed by atoms with Gasteiger partial charge in [-0.25, -0.2) is 4.57 Å². The summed E-state index contributed by atoms with van der Waals surface area (Å²) in [6, 6.07) is 11.9. The number of non-ortho nitro benzene ring substituents is 1. The molecule has 0 saturated heterocycles. The summed E-state index contributed by atoms with van der Waals surface area (Å²) >= 11 is 0. The minimum atomic E-state index is -4.08. The number of esters is 2. The molecule has 3 atom stereocenters.